The molecule has 1 unspecified atom stereocenters. The van der Waals surface area contributed by atoms with Crippen LogP contribution in [0.2, 0.25) is 0 Å². The SMILES string of the molecule is CCCOCCC(=O)N1CCN2c3ncc(C4CCC4)cc3OCC2C1. The second kappa shape index (κ2) is 7.82. The molecule has 3 aliphatic rings. The number of amides is 1. The average molecular weight is 359 g/mol. The van der Waals surface area contributed by atoms with Crippen LogP contribution >= 0.6 is 0 Å². The fourth-order valence-electron chi connectivity index (χ4n) is 3.99. The predicted octanol–water partition coefficient (Wildman–Crippen LogP) is 2.58. The maximum Gasteiger partial charge on any atom is 0.225 e. The summed E-state index contributed by atoms with van der Waals surface area (Å²) < 4.78 is 11.5. The van der Waals surface area contributed by atoms with Gasteiger partial charge in [0.05, 0.1) is 19.1 Å². The maximum absolute atomic E-state index is 12.4. The molecule has 4 rings (SSSR count). The van der Waals surface area contributed by atoms with Crippen molar-refractivity contribution >= 4 is 11.7 Å². The van der Waals surface area contributed by atoms with Crippen molar-refractivity contribution in [1.29, 1.82) is 0 Å². The molecule has 2 aliphatic heterocycles. The van der Waals surface area contributed by atoms with Gasteiger partial charge in [0.25, 0.3) is 0 Å². The third-order valence-corrected chi connectivity index (χ3v) is 5.78. The molecule has 1 saturated carbocycles. The standard InChI is InChI=1S/C20H29N3O3/c1-2-9-25-10-6-19(24)22-7-8-23-17(13-22)14-26-18-11-16(12-21-20(18)23)15-4-3-5-15/h11-12,15,17H,2-10,13-14H2,1H3. The normalized spacial score (nSPS) is 22.3. The van der Waals surface area contributed by atoms with Crippen LogP contribution in [0.4, 0.5) is 5.82 Å². The molecular formula is C20H29N3O3. The first kappa shape index (κ1) is 17.6. The number of piperazine rings is 1. The van der Waals surface area contributed by atoms with E-state index < -0.39 is 0 Å². The smallest absolute Gasteiger partial charge is 0.225 e. The van der Waals surface area contributed by atoms with Crippen LogP contribution in [-0.4, -0.2) is 61.3 Å². The molecule has 1 aromatic rings. The summed E-state index contributed by atoms with van der Waals surface area (Å²) in [6, 6.07) is 2.38. The Morgan fingerprint density at radius 1 is 1.35 bits per heavy atom. The van der Waals surface area contributed by atoms with Crippen LogP contribution in [0.5, 0.6) is 5.75 Å². The number of nitrogens with zero attached hydrogens (tertiary/aromatic N) is 3. The Morgan fingerprint density at radius 2 is 2.23 bits per heavy atom. The van der Waals surface area contributed by atoms with Gasteiger partial charge >= 0.3 is 0 Å². The Bertz CT molecular complexity index is 647. The lowest BCUT2D eigenvalue weighted by molar-refractivity contribution is -0.133. The van der Waals surface area contributed by atoms with Crippen LogP contribution in [0, 0.1) is 0 Å². The van der Waals surface area contributed by atoms with E-state index in [9.17, 15) is 4.79 Å². The van der Waals surface area contributed by atoms with Gasteiger partial charge in [-0.25, -0.2) is 4.98 Å². The fraction of sp³-hybridized carbons (Fsp3) is 0.700. The molecule has 0 radical (unpaired) electrons. The van der Waals surface area contributed by atoms with Crippen LogP contribution in [-0.2, 0) is 9.53 Å². The van der Waals surface area contributed by atoms with Crippen LogP contribution in [0.1, 0.15) is 50.5 Å². The lowest BCUT2D eigenvalue weighted by Crippen LogP contribution is -2.58. The topological polar surface area (TPSA) is 54.9 Å². The molecule has 1 saturated heterocycles. The quantitative estimate of drug-likeness (QED) is 0.731. The first-order chi connectivity index (χ1) is 12.8. The number of ether oxygens (including phenoxy) is 2. The van der Waals surface area contributed by atoms with Gasteiger partial charge in [0, 0.05) is 32.4 Å². The number of carbonyl (C=O) groups excluding carboxylic acids is 1. The minimum absolute atomic E-state index is 0.180. The van der Waals surface area contributed by atoms with Crippen molar-refractivity contribution in [2.75, 3.05) is 44.4 Å². The fourth-order valence-corrected chi connectivity index (χ4v) is 3.99. The van der Waals surface area contributed by atoms with Gasteiger partial charge in [-0.1, -0.05) is 13.3 Å². The van der Waals surface area contributed by atoms with E-state index >= 15 is 0 Å². The van der Waals surface area contributed by atoms with Crippen LogP contribution < -0.4 is 9.64 Å². The Hall–Kier alpha value is -1.82. The molecule has 0 aromatic carbocycles. The summed E-state index contributed by atoms with van der Waals surface area (Å²) in [4.78, 5) is 21.4. The van der Waals surface area contributed by atoms with Crippen molar-refractivity contribution in [2.24, 2.45) is 0 Å². The Kier molecular flexibility index (Phi) is 5.29. The van der Waals surface area contributed by atoms with E-state index in [4.69, 9.17) is 14.5 Å². The second-order valence-corrected chi connectivity index (χ2v) is 7.58. The molecule has 0 spiro atoms. The van der Waals surface area contributed by atoms with E-state index in [0.717, 1.165) is 37.7 Å². The summed E-state index contributed by atoms with van der Waals surface area (Å²) in [5, 5.41) is 0. The largest absolute Gasteiger partial charge is 0.487 e. The van der Waals surface area contributed by atoms with E-state index in [0.29, 0.717) is 32.1 Å². The van der Waals surface area contributed by atoms with Crippen molar-refractivity contribution in [2.45, 2.75) is 51.0 Å². The van der Waals surface area contributed by atoms with Gasteiger partial charge < -0.3 is 19.3 Å². The zero-order valence-electron chi connectivity index (χ0n) is 15.7. The summed E-state index contributed by atoms with van der Waals surface area (Å²) >= 11 is 0. The first-order valence-electron chi connectivity index (χ1n) is 10.0. The van der Waals surface area contributed by atoms with Crippen molar-refractivity contribution in [3.63, 3.8) is 0 Å². The van der Waals surface area contributed by atoms with Gasteiger partial charge in [0.2, 0.25) is 5.91 Å². The van der Waals surface area contributed by atoms with Crippen molar-refractivity contribution < 1.29 is 14.3 Å². The number of aromatic nitrogens is 1. The molecule has 1 atom stereocenters. The highest BCUT2D eigenvalue weighted by molar-refractivity contribution is 5.77. The molecule has 0 bridgehead atoms. The number of rotatable bonds is 6. The zero-order chi connectivity index (χ0) is 17.9. The Balaban J connectivity index is 1.36. The third kappa shape index (κ3) is 3.52. The van der Waals surface area contributed by atoms with E-state index in [-0.39, 0.29) is 11.9 Å². The number of carbonyl (C=O) groups is 1. The summed E-state index contributed by atoms with van der Waals surface area (Å²) in [7, 11) is 0. The monoisotopic (exact) mass is 359 g/mol. The summed E-state index contributed by atoms with van der Waals surface area (Å²) in [5.41, 5.74) is 1.31. The minimum Gasteiger partial charge on any atom is -0.487 e. The number of pyridine rings is 1. The number of fused-ring (bicyclic) bond motifs is 3. The van der Waals surface area contributed by atoms with E-state index in [1.807, 2.05) is 11.1 Å². The molecule has 0 N–H and O–H groups in total. The lowest BCUT2D eigenvalue weighted by atomic mass is 9.80. The number of hydrogen-bond donors (Lipinski definition) is 0. The molecule has 1 aromatic heterocycles. The molecule has 26 heavy (non-hydrogen) atoms. The van der Waals surface area contributed by atoms with Gasteiger partial charge in [-0.3, -0.25) is 4.79 Å². The molecule has 142 valence electrons. The zero-order valence-corrected chi connectivity index (χ0v) is 15.7. The van der Waals surface area contributed by atoms with E-state index in [1.165, 1.54) is 24.8 Å². The van der Waals surface area contributed by atoms with Gasteiger partial charge in [-0.2, -0.15) is 0 Å². The summed E-state index contributed by atoms with van der Waals surface area (Å²) in [6.45, 7) is 6.21. The Labute approximate surface area is 155 Å². The predicted molar refractivity (Wildman–Crippen MR) is 99.8 cm³/mol. The molecule has 6 heteroatoms. The van der Waals surface area contributed by atoms with Crippen LogP contribution in [0.25, 0.3) is 0 Å². The molecule has 6 nitrogen and oxygen atoms in total. The van der Waals surface area contributed by atoms with Gasteiger partial charge in [-0.15, -0.1) is 0 Å². The van der Waals surface area contributed by atoms with E-state index in [2.05, 4.69) is 17.9 Å². The van der Waals surface area contributed by atoms with Crippen molar-refractivity contribution in [1.82, 2.24) is 9.88 Å². The van der Waals surface area contributed by atoms with Crippen molar-refractivity contribution in [3.8, 4) is 5.75 Å². The minimum atomic E-state index is 0.180. The highest BCUT2D eigenvalue weighted by Crippen LogP contribution is 2.40. The number of anilines is 1. The maximum atomic E-state index is 12.4. The number of hydrogen-bond acceptors (Lipinski definition) is 5. The lowest BCUT2D eigenvalue weighted by Gasteiger charge is -2.45. The second-order valence-electron chi connectivity index (χ2n) is 7.58. The molecule has 3 heterocycles. The van der Waals surface area contributed by atoms with Crippen LogP contribution in [0.3, 0.4) is 0 Å². The molecular weight excluding hydrogens is 330 g/mol. The summed E-state index contributed by atoms with van der Waals surface area (Å²) in [6.07, 6.45) is 7.34. The highest BCUT2D eigenvalue weighted by Gasteiger charge is 2.35. The van der Waals surface area contributed by atoms with Crippen molar-refractivity contribution in [3.05, 3.63) is 17.8 Å². The van der Waals surface area contributed by atoms with Crippen LogP contribution in [0.15, 0.2) is 12.3 Å². The van der Waals surface area contributed by atoms with Gasteiger partial charge in [-0.05, 0) is 36.8 Å². The van der Waals surface area contributed by atoms with E-state index in [1.54, 1.807) is 0 Å². The molecule has 2 fully saturated rings. The first-order valence-corrected chi connectivity index (χ1v) is 10.0. The Morgan fingerprint density at radius 3 is 3.00 bits per heavy atom. The van der Waals surface area contributed by atoms with Gasteiger partial charge in [0.15, 0.2) is 11.6 Å². The third-order valence-electron chi connectivity index (χ3n) is 5.78. The average Bonchev–Trinajstić information content (AvgIpc) is 2.63. The molecule has 1 amide bonds. The summed E-state index contributed by atoms with van der Waals surface area (Å²) in [5.74, 6) is 2.71. The van der Waals surface area contributed by atoms with Gasteiger partial charge in [0.1, 0.15) is 6.61 Å². The highest BCUT2D eigenvalue weighted by atomic mass is 16.5. The molecule has 1 aliphatic carbocycles.